The second kappa shape index (κ2) is 5.64. The monoisotopic (exact) mass is 289 g/mol. The van der Waals surface area contributed by atoms with Crippen LogP contribution in [0.25, 0.3) is 11.1 Å². The molecule has 0 aliphatic carbocycles. The van der Waals surface area contributed by atoms with Gasteiger partial charge in [-0.25, -0.2) is 4.98 Å². The summed E-state index contributed by atoms with van der Waals surface area (Å²) in [6, 6.07) is 7.69. The number of hydrogen-bond acceptors (Lipinski definition) is 6. The predicted molar refractivity (Wildman–Crippen MR) is 76.6 cm³/mol. The molecular formula is C13H15N5OS. The Morgan fingerprint density at radius 3 is 2.90 bits per heavy atom. The molecule has 0 fully saturated rings. The van der Waals surface area contributed by atoms with Gasteiger partial charge in [0, 0.05) is 24.7 Å². The molecule has 0 atom stereocenters. The first-order valence-electron chi connectivity index (χ1n) is 6.47. The van der Waals surface area contributed by atoms with E-state index in [1.807, 2.05) is 28.8 Å². The van der Waals surface area contributed by atoms with Crippen molar-refractivity contribution in [3.8, 4) is 0 Å². The first-order valence-corrected chi connectivity index (χ1v) is 7.29. The number of rotatable bonds is 5. The fraction of sp³-hybridized carbons (Fsp3) is 0.308. The zero-order chi connectivity index (χ0) is 13.9. The van der Waals surface area contributed by atoms with Gasteiger partial charge in [0.05, 0.1) is 0 Å². The molecule has 0 aliphatic heterocycles. The number of hydrogen-bond donors (Lipinski definition) is 1. The highest BCUT2D eigenvalue weighted by Gasteiger charge is 2.15. The van der Waals surface area contributed by atoms with Crippen LogP contribution in [0.2, 0.25) is 0 Å². The molecule has 0 amide bonds. The number of fused-ring (bicyclic) bond motifs is 1. The molecule has 0 spiro atoms. The van der Waals surface area contributed by atoms with E-state index >= 15 is 0 Å². The minimum absolute atomic E-state index is 0.561. The lowest BCUT2D eigenvalue weighted by Crippen LogP contribution is -2.09. The van der Waals surface area contributed by atoms with E-state index in [9.17, 15) is 0 Å². The number of nitrogens with two attached hydrogens (primary N) is 1. The van der Waals surface area contributed by atoms with Gasteiger partial charge in [0.2, 0.25) is 5.16 Å². The van der Waals surface area contributed by atoms with Crippen LogP contribution in [-0.4, -0.2) is 26.3 Å². The Morgan fingerprint density at radius 2 is 2.15 bits per heavy atom. The topological polar surface area (TPSA) is 82.8 Å². The van der Waals surface area contributed by atoms with E-state index < -0.39 is 0 Å². The average Bonchev–Trinajstić information content (AvgIpc) is 3.03. The van der Waals surface area contributed by atoms with Gasteiger partial charge in [0.25, 0.3) is 5.22 Å². The van der Waals surface area contributed by atoms with E-state index in [4.69, 9.17) is 10.2 Å². The SMILES string of the molecule is CCn1c(CCN)nnc1Sc1nc2ccccc2o1. The van der Waals surface area contributed by atoms with Gasteiger partial charge in [-0.15, -0.1) is 10.2 Å². The summed E-state index contributed by atoms with van der Waals surface area (Å²) in [5.41, 5.74) is 7.20. The maximum Gasteiger partial charge on any atom is 0.264 e. The molecule has 2 heterocycles. The largest absolute Gasteiger partial charge is 0.431 e. The van der Waals surface area contributed by atoms with E-state index in [0.29, 0.717) is 11.8 Å². The highest BCUT2D eigenvalue weighted by atomic mass is 32.2. The van der Waals surface area contributed by atoms with Gasteiger partial charge in [-0.1, -0.05) is 12.1 Å². The Labute approximate surface area is 120 Å². The zero-order valence-electron chi connectivity index (χ0n) is 11.1. The highest BCUT2D eigenvalue weighted by molar-refractivity contribution is 7.99. The Bertz CT molecular complexity index is 687. The number of para-hydroxylation sites is 2. The van der Waals surface area contributed by atoms with Crippen LogP contribution in [0.15, 0.2) is 39.1 Å². The van der Waals surface area contributed by atoms with Gasteiger partial charge in [0.15, 0.2) is 5.58 Å². The second-order valence-electron chi connectivity index (χ2n) is 4.23. The van der Waals surface area contributed by atoms with Crippen LogP contribution in [0.5, 0.6) is 0 Å². The predicted octanol–water partition coefficient (Wildman–Crippen LogP) is 2.09. The van der Waals surface area contributed by atoms with Crippen molar-refractivity contribution in [2.75, 3.05) is 6.54 Å². The van der Waals surface area contributed by atoms with Crippen molar-refractivity contribution < 1.29 is 4.42 Å². The van der Waals surface area contributed by atoms with Crippen LogP contribution in [0, 0.1) is 0 Å². The van der Waals surface area contributed by atoms with Crippen molar-refractivity contribution in [2.24, 2.45) is 5.73 Å². The number of oxazole rings is 1. The summed E-state index contributed by atoms with van der Waals surface area (Å²) in [5, 5.41) is 9.72. The first-order chi connectivity index (χ1) is 9.81. The van der Waals surface area contributed by atoms with Gasteiger partial charge >= 0.3 is 0 Å². The Balaban J connectivity index is 1.90. The maximum absolute atomic E-state index is 5.69. The third kappa shape index (κ3) is 2.41. The normalized spacial score (nSPS) is 11.3. The summed E-state index contributed by atoms with van der Waals surface area (Å²) < 4.78 is 7.72. The summed E-state index contributed by atoms with van der Waals surface area (Å²) >= 11 is 1.38. The van der Waals surface area contributed by atoms with E-state index in [1.165, 1.54) is 11.8 Å². The van der Waals surface area contributed by atoms with Gasteiger partial charge in [-0.05, 0) is 25.6 Å². The van der Waals surface area contributed by atoms with Crippen LogP contribution in [-0.2, 0) is 13.0 Å². The fourth-order valence-electron chi connectivity index (χ4n) is 2.00. The zero-order valence-corrected chi connectivity index (χ0v) is 11.9. The molecule has 0 aliphatic rings. The third-order valence-corrected chi connectivity index (χ3v) is 3.76. The molecule has 6 nitrogen and oxygen atoms in total. The smallest absolute Gasteiger partial charge is 0.264 e. The highest BCUT2D eigenvalue weighted by Crippen LogP contribution is 2.29. The van der Waals surface area contributed by atoms with Crippen LogP contribution in [0.1, 0.15) is 12.7 Å². The Morgan fingerprint density at radius 1 is 1.30 bits per heavy atom. The van der Waals surface area contributed by atoms with Crippen molar-refractivity contribution in [3.63, 3.8) is 0 Å². The van der Waals surface area contributed by atoms with Gasteiger partial charge in [-0.2, -0.15) is 0 Å². The standard InChI is InChI=1S/C13H15N5OS/c1-2-18-11(7-8-14)16-17-12(18)20-13-15-9-5-3-4-6-10(9)19-13/h3-6H,2,7-8,14H2,1H3. The summed E-state index contributed by atoms with van der Waals surface area (Å²) in [7, 11) is 0. The molecule has 0 radical (unpaired) electrons. The minimum Gasteiger partial charge on any atom is -0.431 e. The summed E-state index contributed by atoms with van der Waals surface area (Å²) in [4.78, 5) is 4.43. The minimum atomic E-state index is 0.561. The Kier molecular flexibility index (Phi) is 3.70. The molecule has 7 heteroatoms. The number of aromatic nitrogens is 4. The van der Waals surface area contributed by atoms with Crippen LogP contribution in [0.3, 0.4) is 0 Å². The quantitative estimate of drug-likeness (QED) is 0.774. The van der Waals surface area contributed by atoms with Crippen molar-refractivity contribution in [3.05, 3.63) is 30.1 Å². The molecule has 0 bridgehead atoms. The summed E-state index contributed by atoms with van der Waals surface area (Å²) in [5.74, 6) is 0.897. The molecule has 104 valence electrons. The number of nitrogens with zero attached hydrogens (tertiary/aromatic N) is 4. The lowest BCUT2D eigenvalue weighted by molar-refractivity contribution is 0.487. The molecule has 3 aromatic rings. The van der Waals surface area contributed by atoms with Gasteiger partial charge < -0.3 is 14.7 Å². The summed E-state index contributed by atoms with van der Waals surface area (Å²) in [6.45, 7) is 3.41. The molecular weight excluding hydrogens is 274 g/mol. The Hall–Kier alpha value is -1.86. The molecule has 0 saturated heterocycles. The third-order valence-electron chi connectivity index (χ3n) is 2.93. The molecule has 2 N–H and O–H groups in total. The van der Waals surface area contributed by atoms with E-state index in [2.05, 4.69) is 22.1 Å². The van der Waals surface area contributed by atoms with Crippen molar-refractivity contribution in [2.45, 2.75) is 30.3 Å². The van der Waals surface area contributed by atoms with Crippen molar-refractivity contribution in [1.29, 1.82) is 0 Å². The maximum atomic E-state index is 5.69. The molecule has 1 aromatic carbocycles. The van der Waals surface area contributed by atoms with E-state index in [-0.39, 0.29) is 0 Å². The second-order valence-corrected chi connectivity index (χ2v) is 5.15. The van der Waals surface area contributed by atoms with E-state index in [0.717, 1.165) is 35.0 Å². The lowest BCUT2D eigenvalue weighted by atomic mass is 10.3. The average molecular weight is 289 g/mol. The summed E-state index contributed by atoms with van der Waals surface area (Å²) in [6.07, 6.45) is 0.717. The number of benzene rings is 1. The fourth-order valence-corrected chi connectivity index (χ4v) is 2.86. The van der Waals surface area contributed by atoms with Crippen molar-refractivity contribution in [1.82, 2.24) is 19.7 Å². The molecule has 0 saturated carbocycles. The van der Waals surface area contributed by atoms with Crippen molar-refractivity contribution >= 4 is 22.9 Å². The molecule has 2 aromatic heterocycles. The van der Waals surface area contributed by atoms with Crippen LogP contribution in [0.4, 0.5) is 0 Å². The lowest BCUT2D eigenvalue weighted by Gasteiger charge is -2.04. The van der Waals surface area contributed by atoms with Crippen LogP contribution < -0.4 is 5.73 Å². The van der Waals surface area contributed by atoms with Crippen LogP contribution >= 0.6 is 11.8 Å². The van der Waals surface area contributed by atoms with Gasteiger partial charge in [-0.3, -0.25) is 0 Å². The first kappa shape index (κ1) is 13.1. The molecule has 20 heavy (non-hydrogen) atoms. The molecule has 3 rings (SSSR count). The molecule has 0 unspecified atom stereocenters. The van der Waals surface area contributed by atoms with Gasteiger partial charge in [0.1, 0.15) is 11.3 Å². The van der Waals surface area contributed by atoms with E-state index in [1.54, 1.807) is 0 Å².